The minimum atomic E-state index is -1.20. The fraction of sp³-hybridized carbons (Fsp3) is 0.333. The predicted octanol–water partition coefficient (Wildman–Crippen LogP) is 3.56. The van der Waals surface area contributed by atoms with Crippen molar-refractivity contribution in [3.63, 3.8) is 0 Å². The molecule has 0 saturated carbocycles. The van der Waals surface area contributed by atoms with Crippen LogP contribution in [0.4, 0.5) is 0 Å². The zero-order chi connectivity index (χ0) is 28.6. The van der Waals surface area contributed by atoms with Crippen LogP contribution in [-0.4, -0.2) is 52.5 Å². The number of allylic oxidation sites excluding steroid dienone is 2. The van der Waals surface area contributed by atoms with Crippen LogP contribution in [0.1, 0.15) is 61.5 Å². The molecule has 0 bridgehead atoms. The molecule has 2 atom stereocenters. The summed E-state index contributed by atoms with van der Waals surface area (Å²) in [6.45, 7) is 7.40. The van der Waals surface area contributed by atoms with E-state index in [1.165, 1.54) is 0 Å². The number of benzene rings is 1. The number of aromatic nitrogens is 2. The average molecular weight is 549 g/mol. The van der Waals surface area contributed by atoms with E-state index in [4.69, 9.17) is 9.97 Å². The lowest BCUT2D eigenvalue weighted by molar-refractivity contribution is 0.0807. The van der Waals surface area contributed by atoms with Gasteiger partial charge in [-0.15, -0.1) is 0 Å². The van der Waals surface area contributed by atoms with E-state index < -0.39 is 5.66 Å². The van der Waals surface area contributed by atoms with Gasteiger partial charge in [-0.2, -0.15) is 0 Å². The van der Waals surface area contributed by atoms with Crippen molar-refractivity contribution in [2.45, 2.75) is 45.4 Å². The SMILES string of the molecule is Cc1ccccc1C1=CC=CC(NC(=O)c2ccc3c(n2)CCNC3)(NC(=O)c2ccc3c(n2)CCN(C)C3)C1C. The van der Waals surface area contributed by atoms with E-state index in [0.717, 1.165) is 78.2 Å². The van der Waals surface area contributed by atoms with E-state index in [2.05, 4.69) is 53.0 Å². The second-order valence-electron chi connectivity index (χ2n) is 11.3. The molecular weight excluding hydrogens is 512 g/mol. The molecule has 2 aromatic heterocycles. The Balaban J connectivity index is 1.34. The number of nitrogens with zero attached hydrogens (tertiary/aromatic N) is 3. The zero-order valence-corrected chi connectivity index (χ0v) is 23.8. The van der Waals surface area contributed by atoms with Crippen molar-refractivity contribution in [3.8, 4) is 0 Å². The van der Waals surface area contributed by atoms with Gasteiger partial charge in [0.05, 0.1) is 0 Å². The molecule has 0 saturated heterocycles. The summed E-state index contributed by atoms with van der Waals surface area (Å²) in [5, 5.41) is 9.71. The van der Waals surface area contributed by atoms with Gasteiger partial charge in [-0.25, -0.2) is 9.97 Å². The Labute approximate surface area is 241 Å². The second kappa shape index (κ2) is 11.0. The number of carbonyl (C=O) groups excluding carboxylic acids is 2. The number of nitrogens with one attached hydrogen (secondary N) is 3. The van der Waals surface area contributed by atoms with Crippen LogP contribution in [0.5, 0.6) is 0 Å². The molecule has 210 valence electrons. The second-order valence-corrected chi connectivity index (χ2v) is 11.3. The summed E-state index contributed by atoms with van der Waals surface area (Å²) in [6, 6.07) is 15.6. The molecule has 41 heavy (non-hydrogen) atoms. The normalized spacial score (nSPS) is 21.8. The zero-order valence-electron chi connectivity index (χ0n) is 23.8. The summed E-state index contributed by atoms with van der Waals surface area (Å²) in [5.74, 6) is -0.954. The molecule has 0 spiro atoms. The maximum Gasteiger partial charge on any atom is 0.271 e. The van der Waals surface area contributed by atoms with Crippen molar-refractivity contribution in [2.24, 2.45) is 5.92 Å². The molecule has 2 amide bonds. The first-order valence-electron chi connectivity index (χ1n) is 14.3. The van der Waals surface area contributed by atoms with Gasteiger partial charge in [-0.05, 0) is 60.0 Å². The van der Waals surface area contributed by atoms with E-state index in [-0.39, 0.29) is 17.7 Å². The van der Waals surface area contributed by atoms with Gasteiger partial charge < -0.3 is 20.9 Å². The lowest BCUT2D eigenvalue weighted by Crippen LogP contribution is -2.64. The lowest BCUT2D eigenvalue weighted by atomic mass is 9.78. The van der Waals surface area contributed by atoms with E-state index >= 15 is 0 Å². The fourth-order valence-electron chi connectivity index (χ4n) is 6.04. The quantitative estimate of drug-likeness (QED) is 0.422. The predicted molar refractivity (Wildman–Crippen MR) is 159 cm³/mol. The van der Waals surface area contributed by atoms with Gasteiger partial charge in [0.2, 0.25) is 0 Å². The highest BCUT2D eigenvalue weighted by Crippen LogP contribution is 2.36. The number of pyridine rings is 2. The molecule has 3 aromatic rings. The summed E-state index contributed by atoms with van der Waals surface area (Å²) in [5.41, 5.74) is 6.84. The van der Waals surface area contributed by atoms with Crippen molar-refractivity contribution in [2.75, 3.05) is 20.1 Å². The molecule has 8 nitrogen and oxygen atoms in total. The van der Waals surface area contributed by atoms with Gasteiger partial charge in [-0.3, -0.25) is 9.59 Å². The van der Waals surface area contributed by atoms with Crippen LogP contribution in [0.2, 0.25) is 0 Å². The number of fused-ring (bicyclic) bond motifs is 2. The first kappa shape index (κ1) is 27.1. The molecule has 1 aromatic carbocycles. The number of hydrogen-bond donors (Lipinski definition) is 3. The Morgan fingerprint density at radius 1 is 0.951 bits per heavy atom. The highest BCUT2D eigenvalue weighted by molar-refractivity contribution is 5.97. The molecule has 3 aliphatic rings. The Kier molecular flexibility index (Phi) is 7.28. The van der Waals surface area contributed by atoms with Crippen LogP contribution >= 0.6 is 0 Å². The maximum atomic E-state index is 13.8. The molecule has 0 radical (unpaired) electrons. The van der Waals surface area contributed by atoms with Crippen molar-refractivity contribution in [1.29, 1.82) is 0 Å². The summed E-state index contributed by atoms with van der Waals surface area (Å²) in [6.07, 6.45) is 7.40. The summed E-state index contributed by atoms with van der Waals surface area (Å²) in [7, 11) is 2.08. The molecule has 6 rings (SSSR count). The maximum absolute atomic E-state index is 13.8. The minimum absolute atomic E-state index is 0.283. The Morgan fingerprint density at radius 2 is 1.63 bits per heavy atom. The summed E-state index contributed by atoms with van der Waals surface area (Å²) >= 11 is 0. The van der Waals surface area contributed by atoms with E-state index in [1.54, 1.807) is 12.1 Å². The van der Waals surface area contributed by atoms with Crippen LogP contribution < -0.4 is 16.0 Å². The van der Waals surface area contributed by atoms with Gasteiger partial charge >= 0.3 is 0 Å². The first-order chi connectivity index (χ1) is 19.8. The molecule has 4 heterocycles. The lowest BCUT2D eigenvalue weighted by Gasteiger charge is -2.41. The van der Waals surface area contributed by atoms with Gasteiger partial charge in [0.25, 0.3) is 11.8 Å². The van der Waals surface area contributed by atoms with Crippen LogP contribution in [-0.2, 0) is 25.9 Å². The van der Waals surface area contributed by atoms with Crippen molar-refractivity contribution in [3.05, 3.63) is 112 Å². The largest absolute Gasteiger partial charge is 0.324 e. The molecule has 3 N–H and O–H groups in total. The van der Waals surface area contributed by atoms with E-state index in [0.29, 0.717) is 11.4 Å². The van der Waals surface area contributed by atoms with Crippen molar-refractivity contribution < 1.29 is 9.59 Å². The van der Waals surface area contributed by atoms with Gasteiger partial charge in [0.1, 0.15) is 17.1 Å². The summed E-state index contributed by atoms with van der Waals surface area (Å²) in [4.78, 5) is 39.3. The number of amides is 2. The number of likely N-dealkylation sites (N-methyl/N-ethyl adjacent to an activating group) is 1. The third-order valence-corrected chi connectivity index (χ3v) is 8.51. The molecule has 2 unspecified atom stereocenters. The van der Waals surface area contributed by atoms with Crippen LogP contribution in [0.25, 0.3) is 5.57 Å². The highest BCUT2D eigenvalue weighted by atomic mass is 16.2. The number of aryl methyl sites for hydroxylation is 1. The molecule has 1 aliphatic carbocycles. The van der Waals surface area contributed by atoms with Crippen LogP contribution in [0.15, 0.2) is 66.8 Å². The monoisotopic (exact) mass is 548 g/mol. The van der Waals surface area contributed by atoms with E-state index in [9.17, 15) is 9.59 Å². The van der Waals surface area contributed by atoms with Crippen LogP contribution in [0.3, 0.4) is 0 Å². The van der Waals surface area contributed by atoms with Gasteiger partial charge in [-0.1, -0.05) is 55.5 Å². The Bertz CT molecular complexity index is 1580. The fourth-order valence-corrected chi connectivity index (χ4v) is 6.04. The highest BCUT2D eigenvalue weighted by Gasteiger charge is 2.42. The standard InChI is InChI=1S/C33H36N6O2/c1-21-7-4-5-8-25(21)26-9-6-16-33(22(26)2,37-31(40)29-12-10-23-19-34-17-14-27(23)35-29)38-32(41)30-13-11-24-20-39(3)18-15-28(24)36-30/h4-13,16,22,34H,14-15,17-20H2,1-3H3,(H,37,40)(H,38,41). The Hall–Kier alpha value is -4.14. The molecule has 2 aliphatic heterocycles. The smallest absolute Gasteiger partial charge is 0.271 e. The van der Waals surface area contributed by atoms with Gasteiger partial charge in [0, 0.05) is 56.3 Å². The molecular formula is C33H36N6O2. The molecule has 0 fully saturated rings. The van der Waals surface area contributed by atoms with Crippen molar-refractivity contribution in [1.82, 2.24) is 30.8 Å². The number of hydrogen-bond acceptors (Lipinski definition) is 6. The minimum Gasteiger partial charge on any atom is -0.324 e. The first-order valence-corrected chi connectivity index (χ1v) is 14.3. The average Bonchev–Trinajstić information content (AvgIpc) is 2.98. The third kappa shape index (κ3) is 5.33. The Morgan fingerprint density at radius 3 is 2.37 bits per heavy atom. The number of carbonyl (C=O) groups is 2. The van der Waals surface area contributed by atoms with Crippen LogP contribution in [0, 0.1) is 12.8 Å². The summed E-state index contributed by atoms with van der Waals surface area (Å²) < 4.78 is 0. The van der Waals surface area contributed by atoms with E-state index in [1.807, 2.05) is 43.3 Å². The van der Waals surface area contributed by atoms with Crippen molar-refractivity contribution >= 4 is 17.4 Å². The van der Waals surface area contributed by atoms with Gasteiger partial charge in [0.15, 0.2) is 0 Å². The topological polar surface area (TPSA) is 99.2 Å². The molecule has 8 heteroatoms. The number of rotatable bonds is 5. The third-order valence-electron chi connectivity index (χ3n) is 8.51.